The van der Waals surface area contributed by atoms with E-state index in [1.54, 1.807) is 6.92 Å². The van der Waals surface area contributed by atoms with Crippen molar-refractivity contribution in [1.82, 2.24) is 0 Å². The molecule has 0 spiro atoms. The van der Waals surface area contributed by atoms with E-state index in [4.69, 9.17) is 40.4 Å². The van der Waals surface area contributed by atoms with Crippen molar-refractivity contribution in [2.75, 3.05) is 26.4 Å². The maximum atomic E-state index is 15.9. The maximum absolute atomic E-state index is 15.9. The van der Waals surface area contributed by atoms with Crippen molar-refractivity contribution in [2.24, 2.45) is 33.3 Å². The Morgan fingerprint density at radius 1 is 0.821 bits per heavy atom. The Labute approximate surface area is 328 Å². The molecule has 2 aromatic carbocycles. The number of rotatable bonds is 11. The quantitative estimate of drug-likeness (QED) is 0.310. The summed E-state index contributed by atoms with van der Waals surface area (Å²) < 4.78 is 111. The van der Waals surface area contributed by atoms with Gasteiger partial charge in [0.25, 0.3) is 0 Å². The first-order chi connectivity index (χ1) is 26.2. The molecule has 4 N–H and O–H groups in total. The second kappa shape index (κ2) is 14.2. The molecule has 4 heterocycles. The molecule has 0 amide bonds. The second-order valence-electron chi connectivity index (χ2n) is 17.5. The van der Waals surface area contributed by atoms with Gasteiger partial charge in [-0.3, -0.25) is 9.98 Å². The van der Waals surface area contributed by atoms with Crippen molar-refractivity contribution in [3.63, 3.8) is 0 Å². The SMILES string of the molecule is CC(C)COc1ccc(F)c([C@]23CO[C@@H](C)C[C@H]2S(=O)(=O)C(C)(CC[C@@H]2C[C@@H]4[C@](c5cc(OCC6CC6)ccc5F)(CO2)N=C(N)C(C)(C)S4(=O)=O)C(N)=N3)c1. The van der Waals surface area contributed by atoms with Crippen molar-refractivity contribution in [1.29, 1.82) is 0 Å². The number of aliphatic imine (C=N–C) groups is 2. The predicted molar refractivity (Wildman–Crippen MR) is 209 cm³/mol. The standard InChI is InChI=1S/C40H54F2N4O8S2/c1-23(2)19-51-26-9-11-31(41)29(16-26)39-21-53-24(3)15-33(39)56(49,50)38(6,36(44)46-39)14-13-28-18-34-40(22-54-28,45-35(43)37(4,5)55(34,47)48)30-17-27(10-12-32(30)42)52-20-25-7-8-25/h9-12,16-17,23-25,28,33-34H,7-8,13-15,18-22H2,1-6H3,(H2,43,45)(H2,44,46)/t24-,28+,33+,34+,38?,39+,40+/m0/s1. The summed E-state index contributed by atoms with van der Waals surface area (Å²) in [5, 5.41) is -2.46. The molecule has 0 aromatic heterocycles. The Hall–Kier alpha value is -3.34. The van der Waals surface area contributed by atoms with Crippen LogP contribution in [0.1, 0.15) is 91.2 Å². The number of amidine groups is 2. The Kier molecular flexibility index (Phi) is 10.3. The average Bonchev–Trinajstić information content (AvgIpc) is 3.97. The van der Waals surface area contributed by atoms with Crippen LogP contribution in [0.25, 0.3) is 0 Å². The van der Waals surface area contributed by atoms with E-state index in [0.717, 1.165) is 12.8 Å². The van der Waals surface area contributed by atoms with Gasteiger partial charge in [-0.1, -0.05) is 13.8 Å². The van der Waals surface area contributed by atoms with Crippen molar-refractivity contribution < 1.29 is 44.6 Å². The summed E-state index contributed by atoms with van der Waals surface area (Å²) in [7, 11) is -8.37. The zero-order valence-corrected chi connectivity index (χ0v) is 34.5. The van der Waals surface area contributed by atoms with Crippen LogP contribution >= 0.6 is 0 Å². The van der Waals surface area contributed by atoms with E-state index in [1.165, 1.54) is 57.2 Å². The molecular formula is C40H54F2N4O8S2. The molecule has 3 fully saturated rings. The normalized spacial score (nSPS) is 34.4. The summed E-state index contributed by atoms with van der Waals surface area (Å²) in [6.45, 7) is 10.5. The molecule has 2 saturated heterocycles. The van der Waals surface area contributed by atoms with E-state index < -0.39 is 74.6 Å². The number of nitrogens with two attached hydrogens (primary N) is 2. The third-order valence-corrected chi connectivity index (χ3v) is 18.6. The number of sulfone groups is 2. The van der Waals surface area contributed by atoms with Gasteiger partial charge in [0.05, 0.1) is 49.1 Å². The predicted octanol–water partition coefficient (Wildman–Crippen LogP) is 5.10. The molecule has 1 saturated carbocycles. The molecule has 4 aliphatic heterocycles. The molecule has 12 nitrogen and oxygen atoms in total. The maximum Gasteiger partial charge on any atom is 0.168 e. The van der Waals surface area contributed by atoms with Gasteiger partial charge < -0.3 is 30.4 Å². The minimum Gasteiger partial charge on any atom is -0.493 e. The smallest absolute Gasteiger partial charge is 0.168 e. The average molecular weight is 821 g/mol. The number of nitrogens with zero attached hydrogens (tertiary/aromatic N) is 2. The second-order valence-corrected chi connectivity index (χ2v) is 22.7. The minimum atomic E-state index is -4.23. The summed E-state index contributed by atoms with van der Waals surface area (Å²) in [4.78, 5) is 9.56. The van der Waals surface area contributed by atoms with Crippen molar-refractivity contribution in [3.8, 4) is 11.5 Å². The van der Waals surface area contributed by atoms with Crippen LogP contribution < -0.4 is 20.9 Å². The third-order valence-electron chi connectivity index (χ3n) is 12.6. The first kappa shape index (κ1) is 40.8. The molecule has 1 unspecified atom stereocenters. The van der Waals surface area contributed by atoms with Crippen LogP contribution in [-0.4, -0.2) is 87.1 Å². The van der Waals surface area contributed by atoms with Crippen LogP contribution in [0.5, 0.6) is 11.5 Å². The van der Waals surface area contributed by atoms with Crippen molar-refractivity contribution in [2.45, 2.75) is 123 Å². The highest BCUT2D eigenvalue weighted by atomic mass is 32.2. The molecule has 2 aromatic rings. The molecule has 0 bridgehead atoms. The summed E-state index contributed by atoms with van der Waals surface area (Å²) in [6.07, 6.45) is 0.771. The van der Waals surface area contributed by atoms with Gasteiger partial charge in [0.15, 0.2) is 19.7 Å². The fourth-order valence-corrected chi connectivity index (χ4v) is 13.5. The van der Waals surface area contributed by atoms with Gasteiger partial charge in [-0.15, -0.1) is 0 Å². The first-order valence-electron chi connectivity index (χ1n) is 19.5. The van der Waals surface area contributed by atoms with Gasteiger partial charge in [0.2, 0.25) is 0 Å². The van der Waals surface area contributed by atoms with E-state index >= 15 is 8.78 Å². The molecule has 5 aliphatic rings. The number of hydrogen-bond donors (Lipinski definition) is 2. The van der Waals surface area contributed by atoms with E-state index in [9.17, 15) is 16.8 Å². The lowest BCUT2D eigenvalue weighted by Gasteiger charge is -2.51. The van der Waals surface area contributed by atoms with E-state index in [0.29, 0.717) is 30.6 Å². The van der Waals surface area contributed by atoms with Gasteiger partial charge >= 0.3 is 0 Å². The molecule has 1 aliphatic carbocycles. The molecule has 56 heavy (non-hydrogen) atoms. The molecule has 16 heteroatoms. The topological polar surface area (TPSA) is 182 Å². The Bertz CT molecular complexity index is 2160. The molecule has 7 rings (SSSR count). The fourth-order valence-electron chi connectivity index (χ4n) is 8.53. The van der Waals surface area contributed by atoms with Gasteiger partial charge in [0.1, 0.15) is 55.4 Å². The Morgan fingerprint density at radius 2 is 1.38 bits per heavy atom. The Balaban J connectivity index is 1.21. The van der Waals surface area contributed by atoms with Gasteiger partial charge in [-0.2, -0.15) is 0 Å². The number of ether oxygens (including phenoxy) is 4. The van der Waals surface area contributed by atoms with Crippen LogP contribution in [-0.2, 0) is 40.2 Å². The molecule has 308 valence electrons. The van der Waals surface area contributed by atoms with Gasteiger partial charge in [-0.25, -0.2) is 25.6 Å². The molecular weight excluding hydrogens is 767 g/mol. The highest BCUT2D eigenvalue weighted by Crippen LogP contribution is 2.52. The molecule has 0 radical (unpaired) electrons. The zero-order valence-electron chi connectivity index (χ0n) is 32.9. The monoisotopic (exact) mass is 820 g/mol. The van der Waals surface area contributed by atoms with Crippen LogP contribution in [0.4, 0.5) is 8.78 Å². The number of fused-ring (bicyclic) bond motifs is 2. The van der Waals surface area contributed by atoms with Crippen molar-refractivity contribution in [3.05, 3.63) is 59.2 Å². The van der Waals surface area contributed by atoms with Gasteiger partial charge in [0, 0.05) is 11.1 Å². The number of benzene rings is 2. The van der Waals surface area contributed by atoms with Crippen LogP contribution in [0.15, 0.2) is 46.4 Å². The lowest BCUT2D eigenvalue weighted by molar-refractivity contribution is -0.0334. The molecule has 7 atom stereocenters. The van der Waals surface area contributed by atoms with Gasteiger partial charge in [-0.05, 0) is 114 Å². The van der Waals surface area contributed by atoms with E-state index in [-0.39, 0.29) is 67.6 Å². The minimum absolute atomic E-state index is 0.00496. The number of hydrogen-bond acceptors (Lipinski definition) is 12. The zero-order chi connectivity index (χ0) is 40.6. The highest BCUT2D eigenvalue weighted by molar-refractivity contribution is 7.94. The Morgan fingerprint density at radius 3 is 1.96 bits per heavy atom. The summed E-state index contributed by atoms with van der Waals surface area (Å²) in [5.74, 6) is -0.314. The van der Waals surface area contributed by atoms with E-state index in [1.807, 2.05) is 13.8 Å². The van der Waals surface area contributed by atoms with Crippen LogP contribution in [0, 0.1) is 23.5 Å². The van der Waals surface area contributed by atoms with Crippen molar-refractivity contribution >= 4 is 31.3 Å². The summed E-state index contributed by atoms with van der Waals surface area (Å²) in [6, 6.07) is 8.45. The van der Waals surface area contributed by atoms with Crippen LogP contribution in [0.3, 0.4) is 0 Å². The largest absolute Gasteiger partial charge is 0.493 e. The highest BCUT2D eigenvalue weighted by Gasteiger charge is 2.64. The summed E-state index contributed by atoms with van der Waals surface area (Å²) >= 11 is 0. The number of halogens is 2. The van der Waals surface area contributed by atoms with Crippen LogP contribution in [0.2, 0.25) is 0 Å². The van der Waals surface area contributed by atoms with E-state index in [2.05, 4.69) is 0 Å². The fraction of sp³-hybridized carbons (Fsp3) is 0.650. The first-order valence-corrected chi connectivity index (χ1v) is 22.5. The lowest BCUT2D eigenvalue weighted by atomic mass is 9.80. The summed E-state index contributed by atoms with van der Waals surface area (Å²) in [5.41, 5.74) is 9.67. The lowest BCUT2D eigenvalue weighted by Crippen LogP contribution is -2.66. The third kappa shape index (κ3) is 6.59.